The minimum absolute atomic E-state index is 0.0531. The molecule has 2 N–H and O–H groups in total. The van der Waals surface area contributed by atoms with E-state index in [1.165, 1.54) is 24.1 Å². The molecule has 0 spiro atoms. The van der Waals surface area contributed by atoms with Crippen LogP contribution in [-0.2, 0) is 24.3 Å². The van der Waals surface area contributed by atoms with Gasteiger partial charge in [0, 0.05) is 6.04 Å². The van der Waals surface area contributed by atoms with Crippen LogP contribution in [0.3, 0.4) is 0 Å². The smallest absolute Gasteiger partial charge is 0.332 e. The second-order valence-corrected chi connectivity index (χ2v) is 9.08. The maximum Gasteiger partial charge on any atom is 0.332 e. The van der Waals surface area contributed by atoms with Crippen LogP contribution in [-0.4, -0.2) is 56.5 Å². The first kappa shape index (κ1) is 21.1. The summed E-state index contributed by atoms with van der Waals surface area (Å²) in [5.41, 5.74) is 0.881. The fourth-order valence-corrected chi connectivity index (χ4v) is 4.86. The van der Waals surface area contributed by atoms with E-state index < -0.39 is 34.0 Å². The Kier molecular flexibility index (Phi) is 6.11. The number of hydrogen-bond donors (Lipinski definition) is 2. The molecule has 1 aromatic carbocycles. The molecule has 0 bridgehead atoms. The van der Waals surface area contributed by atoms with E-state index in [4.69, 9.17) is 0 Å². The number of esters is 1. The summed E-state index contributed by atoms with van der Waals surface area (Å²) < 4.78 is 32.1. The summed E-state index contributed by atoms with van der Waals surface area (Å²) in [4.78, 5) is 38.6. The van der Waals surface area contributed by atoms with Crippen LogP contribution in [0.5, 0.6) is 0 Å². The third-order valence-corrected chi connectivity index (χ3v) is 6.76. The van der Waals surface area contributed by atoms with Gasteiger partial charge in [-0.05, 0) is 31.9 Å². The predicted molar refractivity (Wildman–Crippen MR) is 103 cm³/mol. The number of methoxy groups -OCH3 is 1. The Bertz CT molecular complexity index is 899. The van der Waals surface area contributed by atoms with Crippen molar-refractivity contribution in [1.82, 2.24) is 14.9 Å². The molecule has 0 radical (unpaired) electrons. The van der Waals surface area contributed by atoms with Gasteiger partial charge in [0.15, 0.2) is 0 Å². The van der Waals surface area contributed by atoms with Crippen molar-refractivity contribution in [3.63, 3.8) is 0 Å². The quantitative estimate of drug-likeness (QED) is 0.699. The highest BCUT2D eigenvalue weighted by molar-refractivity contribution is 7.90. The van der Waals surface area contributed by atoms with E-state index >= 15 is 0 Å². The second-order valence-electron chi connectivity index (χ2n) is 7.39. The maximum absolute atomic E-state index is 13.0. The van der Waals surface area contributed by atoms with E-state index in [2.05, 4.69) is 14.8 Å². The first-order valence-corrected chi connectivity index (χ1v) is 11.0. The Morgan fingerprint density at radius 1 is 1.21 bits per heavy atom. The van der Waals surface area contributed by atoms with Gasteiger partial charge in [0.2, 0.25) is 5.91 Å². The lowest BCUT2D eigenvalue weighted by Crippen LogP contribution is -2.69. The molecule has 158 valence electrons. The number of carbonyl (C=O) groups excluding carboxylic acids is 3. The molecule has 3 amide bonds. The first-order chi connectivity index (χ1) is 13.7. The number of nitrogens with one attached hydrogen (secondary N) is 2. The molecule has 2 fully saturated rings. The van der Waals surface area contributed by atoms with Crippen molar-refractivity contribution in [3.05, 3.63) is 29.8 Å². The molecule has 1 aliphatic carbocycles. The molecule has 1 aliphatic heterocycles. The van der Waals surface area contributed by atoms with Gasteiger partial charge in [-0.1, -0.05) is 30.5 Å². The molecule has 1 aromatic rings. The number of carbonyl (C=O) groups is 3. The van der Waals surface area contributed by atoms with Gasteiger partial charge in [-0.25, -0.2) is 17.9 Å². The number of fused-ring (bicyclic) bond motifs is 1. The normalized spacial score (nSPS) is 24.3. The lowest BCUT2D eigenvalue weighted by atomic mass is 9.85. The van der Waals surface area contributed by atoms with E-state index in [0.29, 0.717) is 12.8 Å². The third-order valence-electron chi connectivity index (χ3n) is 5.43. The van der Waals surface area contributed by atoms with Gasteiger partial charge in [-0.3, -0.25) is 9.59 Å². The van der Waals surface area contributed by atoms with E-state index in [-0.39, 0.29) is 23.4 Å². The van der Waals surface area contributed by atoms with E-state index in [0.717, 1.165) is 18.4 Å². The number of rotatable bonds is 4. The summed E-state index contributed by atoms with van der Waals surface area (Å²) in [5.74, 6) is -1.14. The van der Waals surface area contributed by atoms with Crippen molar-refractivity contribution in [2.24, 2.45) is 0 Å². The largest absolute Gasteiger partial charge is 0.469 e. The van der Waals surface area contributed by atoms with Crippen molar-refractivity contribution in [2.45, 2.75) is 62.0 Å². The average Bonchev–Trinajstić information content (AvgIpc) is 2.68. The molecule has 29 heavy (non-hydrogen) atoms. The van der Waals surface area contributed by atoms with Crippen molar-refractivity contribution in [1.29, 1.82) is 0 Å². The highest BCUT2D eigenvalue weighted by atomic mass is 32.2. The average molecular weight is 423 g/mol. The number of urea groups is 1. The van der Waals surface area contributed by atoms with Crippen LogP contribution in [0.2, 0.25) is 0 Å². The Balaban J connectivity index is 1.89. The molecule has 3 atom stereocenters. The number of amides is 3. The van der Waals surface area contributed by atoms with Crippen molar-refractivity contribution in [2.75, 3.05) is 7.11 Å². The molecule has 1 heterocycles. The van der Waals surface area contributed by atoms with Gasteiger partial charge in [0.05, 0.1) is 24.5 Å². The van der Waals surface area contributed by atoms with Crippen LogP contribution >= 0.6 is 0 Å². The number of nitrogens with zero attached hydrogens (tertiary/aromatic N) is 1. The topological polar surface area (TPSA) is 122 Å². The summed E-state index contributed by atoms with van der Waals surface area (Å²) >= 11 is 0. The highest BCUT2D eigenvalue weighted by Gasteiger charge is 2.46. The molecular weight excluding hydrogens is 398 g/mol. The number of ether oxygens (including phenoxy) is 1. The zero-order valence-corrected chi connectivity index (χ0v) is 17.2. The molecule has 9 nitrogen and oxygen atoms in total. The molecule has 1 saturated carbocycles. The van der Waals surface area contributed by atoms with Crippen molar-refractivity contribution >= 4 is 27.9 Å². The van der Waals surface area contributed by atoms with Crippen LogP contribution in [0.4, 0.5) is 4.79 Å². The first-order valence-electron chi connectivity index (χ1n) is 9.52. The lowest BCUT2D eigenvalue weighted by molar-refractivity contribution is -0.146. The molecule has 2 aliphatic rings. The Hall–Kier alpha value is -2.62. The zero-order valence-electron chi connectivity index (χ0n) is 16.4. The fraction of sp³-hybridized carbons (Fsp3) is 0.526. The van der Waals surface area contributed by atoms with Crippen LogP contribution in [0, 0.1) is 6.92 Å². The molecule has 3 unspecified atom stereocenters. The van der Waals surface area contributed by atoms with Crippen LogP contribution in [0.1, 0.15) is 37.7 Å². The number of benzene rings is 1. The fourth-order valence-electron chi connectivity index (χ4n) is 3.92. The lowest BCUT2D eigenvalue weighted by Gasteiger charge is -2.47. The third kappa shape index (κ3) is 4.52. The summed E-state index contributed by atoms with van der Waals surface area (Å²) in [6.45, 7) is 1.82. The van der Waals surface area contributed by atoms with Gasteiger partial charge in [-0.2, -0.15) is 0 Å². The number of aryl methyl sites for hydroxylation is 1. The summed E-state index contributed by atoms with van der Waals surface area (Å²) in [6.07, 6.45) is 2.71. The summed E-state index contributed by atoms with van der Waals surface area (Å²) in [7, 11) is -2.93. The molecule has 3 rings (SSSR count). The van der Waals surface area contributed by atoms with E-state index in [1.807, 2.05) is 6.92 Å². The minimum Gasteiger partial charge on any atom is -0.469 e. The molecule has 0 aromatic heterocycles. The Morgan fingerprint density at radius 2 is 1.86 bits per heavy atom. The van der Waals surface area contributed by atoms with Gasteiger partial charge in [0.25, 0.3) is 10.0 Å². The van der Waals surface area contributed by atoms with Crippen LogP contribution in [0.25, 0.3) is 0 Å². The molecule has 10 heteroatoms. The van der Waals surface area contributed by atoms with Gasteiger partial charge in [-0.15, -0.1) is 0 Å². The maximum atomic E-state index is 13.0. The van der Waals surface area contributed by atoms with Crippen LogP contribution in [0.15, 0.2) is 29.2 Å². The Morgan fingerprint density at radius 3 is 2.52 bits per heavy atom. The summed E-state index contributed by atoms with van der Waals surface area (Å²) in [5, 5.41) is 2.87. The van der Waals surface area contributed by atoms with E-state index in [9.17, 15) is 22.8 Å². The zero-order chi connectivity index (χ0) is 21.2. The van der Waals surface area contributed by atoms with Gasteiger partial charge in [0.1, 0.15) is 6.04 Å². The monoisotopic (exact) mass is 423 g/mol. The highest BCUT2D eigenvalue weighted by Crippen LogP contribution is 2.30. The minimum atomic E-state index is -4.13. The predicted octanol–water partition coefficient (Wildman–Crippen LogP) is 1.07. The number of piperazine rings is 1. The molecule has 1 saturated heterocycles. The van der Waals surface area contributed by atoms with Crippen LogP contribution < -0.4 is 10.0 Å². The van der Waals surface area contributed by atoms with Gasteiger partial charge < -0.3 is 15.0 Å². The second kappa shape index (κ2) is 8.40. The number of hydrogen-bond acceptors (Lipinski definition) is 6. The van der Waals surface area contributed by atoms with Crippen molar-refractivity contribution < 1.29 is 27.5 Å². The number of sulfonamides is 1. The summed E-state index contributed by atoms with van der Waals surface area (Å²) in [6, 6.07) is 3.38. The standard InChI is InChI=1S/C19H25N3O6S/c1-12-7-9-13(10-8-12)29(26,27)21-19(25)22-15-6-4-3-5-14(15)20-18(24)16(22)11-17(23)28-2/h7-10,14-16H,3-6,11H2,1-2H3,(H,20,24)(H,21,25). The Labute approximate surface area is 169 Å². The SMILES string of the molecule is COC(=O)CC1C(=O)NC2CCCCC2N1C(=O)NS(=O)(=O)c1ccc(C)cc1. The molecular formula is C19H25N3O6S. The van der Waals surface area contributed by atoms with Gasteiger partial charge >= 0.3 is 12.0 Å². The van der Waals surface area contributed by atoms with E-state index in [1.54, 1.807) is 12.1 Å². The van der Waals surface area contributed by atoms with Crippen molar-refractivity contribution in [3.8, 4) is 0 Å².